The van der Waals surface area contributed by atoms with E-state index in [1.54, 1.807) is 4.90 Å². The molecule has 1 aliphatic carbocycles. The van der Waals surface area contributed by atoms with Gasteiger partial charge in [-0.25, -0.2) is 13.9 Å². The molecule has 34 heavy (non-hydrogen) atoms. The second-order valence-electron chi connectivity index (χ2n) is 8.69. The number of hydrogen-bond acceptors (Lipinski definition) is 4. The van der Waals surface area contributed by atoms with Crippen LogP contribution in [0.3, 0.4) is 0 Å². The minimum Gasteiger partial charge on any atom is -0.348 e. The highest BCUT2D eigenvalue weighted by molar-refractivity contribution is 5.93. The molecule has 0 radical (unpaired) electrons. The molecule has 1 aliphatic heterocycles. The average Bonchev–Trinajstić information content (AvgIpc) is 3.27. The third-order valence-corrected chi connectivity index (χ3v) is 6.28. The number of piperidine rings is 1. The van der Waals surface area contributed by atoms with E-state index in [9.17, 15) is 27.2 Å². The molecule has 12 heteroatoms. The van der Waals surface area contributed by atoms with Gasteiger partial charge in [-0.05, 0) is 49.9 Å². The Hall–Kier alpha value is -3.18. The molecular weight excluding hydrogens is 456 g/mol. The predicted octanol–water partition coefficient (Wildman–Crippen LogP) is 3.66. The standard InChI is InChI=1S/C22H26F4N6O2/c23-14-6-8-17(9-7-14)32-19(22(24,25)26)18(29-30-32)20(33)27-16-10-12-31(13-11-16)21(34)28-15-4-2-1-3-5-15/h6-9,15-16H,1-5,10-13H2,(H,27,33)(H,28,34). The fourth-order valence-electron chi connectivity index (χ4n) is 4.45. The van der Waals surface area contributed by atoms with Gasteiger partial charge in [-0.1, -0.05) is 24.5 Å². The second-order valence-corrected chi connectivity index (χ2v) is 8.69. The minimum absolute atomic E-state index is 0.0717. The number of carbonyl (C=O) groups is 2. The van der Waals surface area contributed by atoms with Crippen molar-refractivity contribution in [2.45, 2.75) is 63.2 Å². The summed E-state index contributed by atoms with van der Waals surface area (Å²) in [6, 6.07) is 3.87. The molecule has 8 nitrogen and oxygen atoms in total. The van der Waals surface area contributed by atoms with Crippen molar-refractivity contribution in [1.29, 1.82) is 0 Å². The molecule has 0 spiro atoms. The van der Waals surface area contributed by atoms with Gasteiger partial charge >= 0.3 is 12.2 Å². The lowest BCUT2D eigenvalue weighted by atomic mass is 9.95. The van der Waals surface area contributed by atoms with E-state index in [1.807, 2.05) is 0 Å². The van der Waals surface area contributed by atoms with Gasteiger partial charge in [0, 0.05) is 25.2 Å². The van der Waals surface area contributed by atoms with Gasteiger partial charge in [-0.2, -0.15) is 13.2 Å². The quantitative estimate of drug-likeness (QED) is 0.651. The summed E-state index contributed by atoms with van der Waals surface area (Å²) >= 11 is 0. The molecule has 0 bridgehead atoms. The van der Waals surface area contributed by atoms with E-state index in [4.69, 9.17) is 0 Å². The maximum Gasteiger partial charge on any atom is 0.435 e. The van der Waals surface area contributed by atoms with Crippen molar-refractivity contribution >= 4 is 11.9 Å². The highest BCUT2D eigenvalue weighted by atomic mass is 19.4. The molecule has 1 aromatic carbocycles. The topological polar surface area (TPSA) is 92.2 Å². The van der Waals surface area contributed by atoms with Gasteiger partial charge in [0.2, 0.25) is 0 Å². The van der Waals surface area contributed by atoms with E-state index in [2.05, 4.69) is 20.9 Å². The highest BCUT2D eigenvalue weighted by Gasteiger charge is 2.42. The minimum atomic E-state index is -4.91. The van der Waals surface area contributed by atoms with Crippen molar-refractivity contribution in [3.05, 3.63) is 41.5 Å². The number of alkyl halides is 3. The lowest BCUT2D eigenvalue weighted by Gasteiger charge is -2.34. The van der Waals surface area contributed by atoms with Crippen LogP contribution in [0.4, 0.5) is 22.4 Å². The largest absolute Gasteiger partial charge is 0.435 e. The summed E-state index contributed by atoms with van der Waals surface area (Å²) in [5, 5.41) is 12.6. The van der Waals surface area contributed by atoms with Gasteiger partial charge in [0.15, 0.2) is 11.4 Å². The molecule has 0 unspecified atom stereocenters. The number of likely N-dealkylation sites (tertiary alicyclic amines) is 1. The smallest absolute Gasteiger partial charge is 0.348 e. The number of aromatic nitrogens is 3. The first-order valence-corrected chi connectivity index (χ1v) is 11.4. The monoisotopic (exact) mass is 482 g/mol. The van der Waals surface area contributed by atoms with Crippen LogP contribution in [-0.2, 0) is 6.18 Å². The van der Waals surface area contributed by atoms with E-state index in [0.29, 0.717) is 30.6 Å². The summed E-state index contributed by atoms with van der Waals surface area (Å²) in [5.41, 5.74) is -2.26. The number of halogens is 4. The zero-order valence-corrected chi connectivity index (χ0v) is 18.4. The maximum absolute atomic E-state index is 13.8. The van der Waals surface area contributed by atoms with Gasteiger partial charge in [0.25, 0.3) is 5.91 Å². The number of hydrogen-bond donors (Lipinski definition) is 2. The first-order chi connectivity index (χ1) is 16.2. The summed E-state index contributed by atoms with van der Waals surface area (Å²) in [5.74, 6) is -1.61. The zero-order valence-electron chi connectivity index (χ0n) is 18.4. The van der Waals surface area contributed by atoms with Crippen molar-refractivity contribution in [2.75, 3.05) is 13.1 Å². The molecule has 2 N–H and O–H groups in total. The summed E-state index contributed by atoms with van der Waals surface area (Å²) in [7, 11) is 0. The number of amides is 3. The fraction of sp³-hybridized carbons (Fsp3) is 0.545. The number of nitrogens with zero attached hydrogens (tertiary/aromatic N) is 4. The zero-order chi connectivity index (χ0) is 24.3. The van der Waals surface area contributed by atoms with Gasteiger partial charge in [0.1, 0.15) is 5.82 Å². The molecule has 1 aromatic heterocycles. The van der Waals surface area contributed by atoms with Crippen LogP contribution in [0.25, 0.3) is 5.69 Å². The van der Waals surface area contributed by atoms with Crippen molar-refractivity contribution in [3.63, 3.8) is 0 Å². The van der Waals surface area contributed by atoms with Crippen molar-refractivity contribution in [2.24, 2.45) is 0 Å². The van der Waals surface area contributed by atoms with Crippen LogP contribution in [0, 0.1) is 5.82 Å². The van der Waals surface area contributed by atoms with Gasteiger partial charge in [-0.15, -0.1) is 5.10 Å². The maximum atomic E-state index is 13.8. The molecule has 184 valence electrons. The van der Waals surface area contributed by atoms with E-state index < -0.39 is 35.3 Å². The van der Waals surface area contributed by atoms with Crippen LogP contribution in [-0.4, -0.2) is 57.0 Å². The average molecular weight is 482 g/mol. The number of urea groups is 1. The van der Waals surface area contributed by atoms with Gasteiger partial charge < -0.3 is 15.5 Å². The summed E-state index contributed by atoms with van der Waals surface area (Å²) in [6.45, 7) is 0.774. The molecule has 2 fully saturated rings. The molecule has 1 saturated heterocycles. The predicted molar refractivity (Wildman–Crippen MR) is 114 cm³/mol. The summed E-state index contributed by atoms with van der Waals surface area (Å²) < 4.78 is 55.0. The first-order valence-electron chi connectivity index (χ1n) is 11.4. The third kappa shape index (κ3) is 5.48. The van der Waals surface area contributed by atoms with Crippen LogP contribution in [0.15, 0.2) is 24.3 Å². The Morgan fingerprint density at radius 3 is 2.15 bits per heavy atom. The van der Waals surface area contributed by atoms with E-state index in [0.717, 1.165) is 49.9 Å². The fourth-order valence-corrected chi connectivity index (χ4v) is 4.45. The molecule has 2 heterocycles. The molecule has 1 saturated carbocycles. The Morgan fingerprint density at radius 1 is 0.912 bits per heavy atom. The summed E-state index contributed by atoms with van der Waals surface area (Å²) in [6.07, 6.45) is 1.25. The van der Waals surface area contributed by atoms with Crippen molar-refractivity contribution in [3.8, 4) is 5.69 Å². The Bertz CT molecular complexity index is 1010. The molecule has 2 aliphatic rings. The molecule has 0 atom stereocenters. The lowest BCUT2D eigenvalue weighted by molar-refractivity contribution is -0.143. The van der Waals surface area contributed by atoms with Crippen LogP contribution in [0.1, 0.15) is 61.1 Å². The third-order valence-electron chi connectivity index (χ3n) is 6.28. The van der Waals surface area contributed by atoms with Crippen molar-refractivity contribution < 1.29 is 27.2 Å². The Morgan fingerprint density at radius 2 is 1.53 bits per heavy atom. The number of carbonyl (C=O) groups excluding carboxylic acids is 2. The second kappa shape index (κ2) is 9.98. The Labute approximate surface area is 193 Å². The highest BCUT2D eigenvalue weighted by Crippen LogP contribution is 2.33. The van der Waals surface area contributed by atoms with Crippen LogP contribution >= 0.6 is 0 Å². The molecular formula is C22H26F4N6O2. The molecule has 4 rings (SSSR count). The first kappa shape index (κ1) is 24.0. The van der Waals surface area contributed by atoms with Gasteiger partial charge in [-0.3, -0.25) is 4.79 Å². The van der Waals surface area contributed by atoms with Crippen LogP contribution in [0.2, 0.25) is 0 Å². The molecule has 3 amide bonds. The molecule has 2 aromatic rings. The number of nitrogens with one attached hydrogen (secondary N) is 2. The summed E-state index contributed by atoms with van der Waals surface area (Å²) in [4.78, 5) is 26.8. The van der Waals surface area contributed by atoms with E-state index in [-0.39, 0.29) is 17.8 Å². The number of benzene rings is 1. The van der Waals surface area contributed by atoms with Crippen LogP contribution in [0.5, 0.6) is 0 Å². The SMILES string of the molecule is O=C(NC1CCN(C(=O)NC2CCCCC2)CC1)c1nnn(-c2ccc(F)cc2)c1C(F)(F)F. The Balaban J connectivity index is 1.38. The normalized spacial score (nSPS) is 18.1. The Kier molecular flexibility index (Phi) is 7.03. The van der Waals surface area contributed by atoms with E-state index in [1.165, 1.54) is 6.42 Å². The number of rotatable bonds is 4. The van der Waals surface area contributed by atoms with Crippen LogP contribution < -0.4 is 10.6 Å². The van der Waals surface area contributed by atoms with E-state index >= 15 is 0 Å². The lowest BCUT2D eigenvalue weighted by Crippen LogP contribution is -2.51. The van der Waals surface area contributed by atoms with Gasteiger partial charge in [0.05, 0.1) is 5.69 Å². The van der Waals surface area contributed by atoms with Crippen molar-refractivity contribution in [1.82, 2.24) is 30.5 Å².